The normalized spacial score (nSPS) is 11.8. The number of benzene rings is 9. The van der Waals surface area contributed by atoms with Crippen LogP contribution in [0.5, 0.6) is 0 Å². The highest BCUT2D eigenvalue weighted by molar-refractivity contribution is 6.21. The largest absolute Gasteiger partial charge is 0.309 e. The van der Waals surface area contributed by atoms with Crippen LogP contribution in [-0.2, 0) is 0 Å². The van der Waals surface area contributed by atoms with Gasteiger partial charge in [-0.3, -0.25) is 4.57 Å². The van der Waals surface area contributed by atoms with Gasteiger partial charge in [-0.15, -0.1) is 0 Å². The highest BCUT2D eigenvalue weighted by Crippen LogP contribution is 2.44. The third-order valence-corrected chi connectivity index (χ3v) is 11.7. The van der Waals surface area contributed by atoms with E-state index in [2.05, 4.69) is 203 Å². The molecule has 0 bridgehead atoms. The summed E-state index contributed by atoms with van der Waals surface area (Å²) in [6.45, 7) is 0. The molecule has 0 amide bonds. The molecule has 9 aromatic carbocycles. The second-order valence-electron chi connectivity index (χ2n) is 14.9. The highest BCUT2D eigenvalue weighted by Gasteiger charge is 2.24. The summed E-state index contributed by atoms with van der Waals surface area (Å²) in [4.78, 5) is 11.0. The summed E-state index contributed by atoms with van der Waals surface area (Å²) in [5.41, 5.74) is 13.9. The fraction of sp³-hybridized carbons (Fsp3) is 0. The lowest BCUT2D eigenvalue weighted by Crippen LogP contribution is -2.04. The van der Waals surface area contributed by atoms with E-state index in [0.717, 1.165) is 61.5 Å². The van der Waals surface area contributed by atoms with Crippen LogP contribution in [0.15, 0.2) is 206 Å². The predicted molar refractivity (Wildman–Crippen MR) is 242 cm³/mol. The van der Waals surface area contributed by atoms with Crippen LogP contribution in [0.25, 0.3) is 110 Å². The molecule has 4 heteroatoms. The smallest absolute Gasteiger partial charge is 0.165 e. The molecule has 0 radical (unpaired) electrons. The Morgan fingerprint density at radius 1 is 0.345 bits per heavy atom. The van der Waals surface area contributed by atoms with E-state index >= 15 is 0 Å². The average molecular weight is 739 g/mol. The van der Waals surface area contributed by atoms with Crippen molar-refractivity contribution in [3.8, 4) is 45.0 Å². The zero-order valence-corrected chi connectivity index (χ0v) is 31.4. The molecule has 3 aromatic heterocycles. The van der Waals surface area contributed by atoms with E-state index in [1.807, 2.05) is 12.1 Å². The highest BCUT2D eigenvalue weighted by atomic mass is 15.1. The number of para-hydroxylation sites is 4. The Morgan fingerprint density at radius 2 is 0.983 bits per heavy atom. The van der Waals surface area contributed by atoms with Crippen LogP contribution in [0.1, 0.15) is 0 Å². The van der Waals surface area contributed by atoms with Gasteiger partial charge in [0.2, 0.25) is 0 Å². The van der Waals surface area contributed by atoms with E-state index in [-0.39, 0.29) is 0 Å². The molecule has 12 rings (SSSR count). The van der Waals surface area contributed by atoms with Gasteiger partial charge in [0, 0.05) is 38.2 Å². The van der Waals surface area contributed by atoms with Crippen molar-refractivity contribution in [2.75, 3.05) is 0 Å². The third-order valence-electron chi connectivity index (χ3n) is 11.7. The van der Waals surface area contributed by atoms with E-state index in [1.165, 1.54) is 48.9 Å². The van der Waals surface area contributed by atoms with Crippen molar-refractivity contribution in [1.82, 2.24) is 19.1 Å². The summed E-state index contributed by atoms with van der Waals surface area (Å²) >= 11 is 0. The first-order valence-electron chi connectivity index (χ1n) is 19.8. The molecule has 58 heavy (non-hydrogen) atoms. The number of aromatic nitrogens is 4. The van der Waals surface area contributed by atoms with Crippen molar-refractivity contribution in [3.63, 3.8) is 0 Å². The maximum atomic E-state index is 5.56. The summed E-state index contributed by atoms with van der Waals surface area (Å²) in [5.74, 6) is 0.800. The lowest BCUT2D eigenvalue weighted by Gasteiger charge is -2.17. The van der Waals surface area contributed by atoms with Gasteiger partial charge in [0.1, 0.15) is 5.69 Å². The van der Waals surface area contributed by atoms with Crippen molar-refractivity contribution in [2.24, 2.45) is 0 Å². The van der Waals surface area contributed by atoms with Gasteiger partial charge in [-0.1, -0.05) is 164 Å². The summed E-state index contributed by atoms with van der Waals surface area (Å²) < 4.78 is 4.78. The second kappa shape index (κ2) is 12.9. The van der Waals surface area contributed by atoms with Crippen molar-refractivity contribution >= 4 is 65.4 Å². The lowest BCUT2D eigenvalue weighted by molar-refractivity contribution is 1.08. The molecule has 0 saturated heterocycles. The van der Waals surface area contributed by atoms with Gasteiger partial charge < -0.3 is 4.57 Å². The first kappa shape index (κ1) is 32.4. The average Bonchev–Trinajstić information content (AvgIpc) is 3.82. The number of nitrogens with zero attached hydrogens (tertiary/aromatic N) is 4. The first-order valence-corrected chi connectivity index (χ1v) is 19.8. The predicted octanol–water partition coefficient (Wildman–Crippen LogP) is 14.0. The van der Waals surface area contributed by atoms with Crippen molar-refractivity contribution < 1.29 is 0 Å². The number of hydrogen-bond acceptors (Lipinski definition) is 2. The molecule has 3 heterocycles. The zero-order valence-electron chi connectivity index (χ0n) is 31.4. The molecule has 0 unspecified atom stereocenters. The van der Waals surface area contributed by atoms with Gasteiger partial charge in [0.05, 0.1) is 33.1 Å². The maximum absolute atomic E-state index is 5.56. The van der Waals surface area contributed by atoms with Crippen LogP contribution in [0, 0.1) is 0 Å². The molecule has 0 N–H and O–H groups in total. The Hall–Kier alpha value is -7.82. The Balaban J connectivity index is 1.21. The van der Waals surface area contributed by atoms with E-state index in [0.29, 0.717) is 0 Å². The fourth-order valence-electron chi connectivity index (χ4n) is 9.17. The maximum Gasteiger partial charge on any atom is 0.165 e. The van der Waals surface area contributed by atoms with E-state index in [9.17, 15) is 0 Å². The number of hydrogen-bond donors (Lipinski definition) is 0. The minimum atomic E-state index is 0.800. The minimum absolute atomic E-state index is 0.800. The van der Waals surface area contributed by atoms with Crippen LogP contribution in [0.4, 0.5) is 0 Å². The van der Waals surface area contributed by atoms with Crippen LogP contribution in [-0.4, -0.2) is 19.1 Å². The Labute approximate surface area is 334 Å². The van der Waals surface area contributed by atoms with E-state index in [4.69, 9.17) is 9.97 Å². The molecular formula is C54H34N4. The van der Waals surface area contributed by atoms with Crippen molar-refractivity contribution in [2.45, 2.75) is 0 Å². The van der Waals surface area contributed by atoms with Crippen LogP contribution >= 0.6 is 0 Å². The van der Waals surface area contributed by atoms with Crippen LogP contribution in [0.2, 0.25) is 0 Å². The molecule has 0 atom stereocenters. The second-order valence-corrected chi connectivity index (χ2v) is 14.9. The zero-order chi connectivity index (χ0) is 38.2. The molecule has 0 spiro atoms. The Bertz CT molecular complexity index is 3560. The standard InChI is InChI=1S/C54H34N4/c1-3-16-35(17-4-1)39-21-9-10-23-43(39)52-54(56-47-27-13-12-26-46(47)55-52)58-50-34-37(31-32-42(50)44-33-30-36-18-7-8-22-41(36)53(44)58)40-25-15-29-49-51(40)45-24-11-14-28-48(45)57(49)38-19-5-2-6-20-38/h1-34H. The minimum Gasteiger partial charge on any atom is -0.309 e. The summed E-state index contributed by atoms with van der Waals surface area (Å²) in [6, 6.07) is 73.7. The SMILES string of the molecule is c1ccc(-c2ccccc2-c2nc3ccccc3nc2-n2c3cc(-c4cccc5c4c4ccccc4n5-c4ccccc4)ccc3c3ccc4ccccc4c32)cc1. The lowest BCUT2D eigenvalue weighted by atomic mass is 9.97. The van der Waals surface area contributed by atoms with E-state index < -0.39 is 0 Å². The Morgan fingerprint density at radius 3 is 1.83 bits per heavy atom. The Kier molecular flexibility index (Phi) is 7.20. The topological polar surface area (TPSA) is 35.6 Å². The molecule has 0 aliphatic heterocycles. The molecule has 0 saturated carbocycles. The molecule has 12 aromatic rings. The molecule has 270 valence electrons. The van der Waals surface area contributed by atoms with Crippen LogP contribution < -0.4 is 0 Å². The van der Waals surface area contributed by atoms with Gasteiger partial charge in [-0.2, -0.15) is 0 Å². The summed E-state index contributed by atoms with van der Waals surface area (Å²) in [6.07, 6.45) is 0. The van der Waals surface area contributed by atoms with Crippen molar-refractivity contribution in [1.29, 1.82) is 0 Å². The molecule has 0 aliphatic rings. The van der Waals surface area contributed by atoms with Crippen molar-refractivity contribution in [3.05, 3.63) is 206 Å². The quantitative estimate of drug-likeness (QED) is 0.176. The molecule has 4 nitrogen and oxygen atoms in total. The summed E-state index contributed by atoms with van der Waals surface area (Å²) in [5, 5.41) is 7.15. The third kappa shape index (κ3) is 4.88. The fourth-order valence-corrected chi connectivity index (χ4v) is 9.17. The molecular weight excluding hydrogens is 705 g/mol. The van der Waals surface area contributed by atoms with Gasteiger partial charge in [-0.25, -0.2) is 9.97 Å². The number of rotatable bonds is 5. The van der Waals surface area contributed by atoms with Gasteiger partial charge in [0.15, 0.2) is 5.82 Å². The first-order chi connectivity index (χ1) is 28.8. The summed E-state index contributed by atoms with van der Waals surface area (Å²) in [7, 11) is 0. The van der Waals surface area contributed by atoms with Gasteiger partial charge in [0.25, 0.3) is 0 Å². The van der Waals surface area contributed by atoms with E-state index in [1.54, 1.807) is 0 Å². The number of fused-ring (bicyclic) bond motifs is 9. The monoisotopic (exact) mass is 738 g/mol. The van der Waals surface area contributed by atoms with Gasteiger partial charge in [-0.05, 0) is 70.1 Å². The molecule has 0 aliphatic carbocycles. The molecule has 0 fully saturated rings. The van der Waals surface area contributed by atoms with Gasteiger partial charge >= 0.3 is 0 Å². The van der Waals surface area contributed by atoms with Crippen LogP contribution in [0.3, 0.4) is 0 Å².